The number of hydrogen-bond acceptors (Lipinski definition) is 4. The molecule has 0 saturated carbocycles. The monoisotopic (exact) mass is 231 g/mol. The van der Waals surface area contributed by atoms with E-state index in [4.69, 9.17) is 0 Å². The molecule has 1 atom stereocenters. The van der Waals surface area contributed by atoms with Crippen LogP contribution >= 0.6 is 15.9 Å². The first-order valence-electron chi connectivity index (χ1n) is 2.27. The summed E-state index contributed by atoms with van der Waals surface area (Å²) in [7, 11) is 1.50. The van der Waals surface area contributed by atoms with E-state index in [1.54, 1.807) is 0 Å². The van der Waals surface area contributed by atoms with E-state index >= 15 is 0 Å². The first-order chi connectivity index (χ1) is 4.63. The normalized spacial score (nSPS) is 12.3. The van der Waals surface area contributed by atoms with Crippen LogP contribution in [0.4, 0.5) is 0 Å². The van der Waals surface area contributed by atoms with Gasteiger partial charge >= 0.3 is 18.9 Å². The molecule has 0 saturated heterocycles. The van der Waals surface area contributed by atoms with E-state index in [2.05, 4.69) is 26.2 Å². The Labute approximate surface area is 86.1 Å². The molecule has 1 aromatic heterocycles. The Balaban J connectivity index is 0.000001000. The predicted octanol–water partition coefficient (Wildman–Crippen LogP) is -3.18. The number of aromatic nitrogens is 3. The van der Waals surface area contributed by atoms with Gasteiger partial charge in [-0.1, -0.05) is 5.21 Å². The molecule has 1 rings (SSSR count). The summed E-state index contributed by atoms with van der Waals surface area (Å²) in [6.07, 6.45) is 0. The van der Waals surface area contributed by atoms with Gasteiger partial charge < -0.3 is 4.55 Å². The van der Waals surface area contributed by atoms with Crippen molar-refractivity contribution in [2.24, 2.45) is 7.05 Å². The van der Waals surface area contributed by atoms with Crippen LogP contribution in [0.25, 0.3) is 0 Å². The van der Waals surface area contributed by atoms with Crippen molar-refractivity contribution in [2.45, 2.75) is 5.03 Å². The van der Waals surface area contributed by atoms with Crippen molar-refractivity contribution in [1.82, 2.24) is 15.0 Å². The van der Waals surface area contributed by atoms with Gasteiger partial charge in [0.1, 0.15) is 5.03 Å². The minimum atomic E-state index is -2.28. The third-order valence-electron chi connectivity index (χ3n) is 0.895. The number of aryl methyl sites for hydroxylation is 1. The molecule has 1 unspecified atom stereocenters. The Morgan fingerprint density at radius 3 is 2.45 bits per heavy atom. The van der Waals surface area contributed by atoms with Crippen molar-refractivity contribution < 1.29 is 27.6 Å². The molecule has 0 aliphatic rings. The molecule has 0 aliphatic heterocycles. The molecule has 8 heteroatoms. The number of rotatable bonds is 1. The van der Waals surface area contributed by atoms with Gasteiger partial charge in [0.15, 0.2) is 4.60 Å². The molecule has 0 aliphatic carbocycles. The van der Waals surface area contributed by atoms with Gasteiger partial charge in [0, 0.05) is 7.05 Å². The first-order valence-corrected chi connectivity index (χ1v) is 4.14. The molecule has 0 amide bonds. The topological polar surface area (TPSA) is 70.8 Å². The van der Waals surface area contributed by atoms with E-state index in [0.29, 0.717) is 0 Å². The molecule has 0 spiro atoms. The van der Waals surface area contributed by atoms with Crippen LogP contribution in [0, 0.1) is 0 Å². The maximum Gasteiger partial charge on any atom is 1.00 e. The van der Waals surface area contributed by atoms with Crippen LogP contribution in [0.5, 0.6) is 0 Å². The molecule has 11 heavy (non-hydrogen) atoms. The third-order valence-corrected chi connectivity index (χ3v) is 2.46. The van der Waals surface area contributed by atoms with Crippen LogP contribution in [-0.2, 0) is 18.1 Å². The van der Waals surface area contributed by atoms with E-state index in [1.807, 2.05) is 0 Å². The molecule has 0 fully saturated rings. The average Bonchev–Trinajstić information content (AvgIpc) is 2.11. The molecular weight excluding hydrogens is 229 g/mol. The van der Waals surface area contributed by atoms with Crippen LogP contribution in [-0.4, -0.2) is 23.8 Å². The first kappa shape index (κ1) is 11.3. The summed E-state index contributed by atoms with van der Waals surface area (Å²) in [5.41, 5.74) is 0. The molecule has 0 radical (unpaired) electrons. The van der Waals surface area contributed by atoms with Crippen LogP contribution in [0.3, 0.4) is 0 Å². The van der Waals surface area contributed by atoms with E-state index in [1.165, 1.54) is 11.7 Å². The zero-order valence-corrected chi connectivity index (χ0v) is 8.35. The van der Waals surface area contributed by atoms with E-state index in [9.17, 15) is 8.76 Å². The predicted molar refractivity (Wildman–Crippen MR) is 35.9 cm³/mol. The van der Waals surface area contributed by atoms with Crippen molar-refractivity contribution in [3.63, 3.8) is 0 Å². The quantitative estimate of drug-likeness (QED) is 0.378. The third kappa shape index (κ3) is 2.39. The molecule has 1 aromatic rings. The Bertz CT molecular complexity index is 258. The fourth-order valence-electron chi connectivity index (χ4n) is 0.500. The van der Waals surface area contributed by atoms with E-state index in [-0.39, 0.29) is 28.5 Å². The minimum absolute atomic E-state index is 0. The van der Waals surface area contributed by atoms with Crippen molar-refractivity contribution in [3.05, 3.63) is 4.60 Å². The maximum absolute atomic E-state index is 10.4. The molecule has 56 valence electrons. The summed E-state index contributed by atoms with van der Waals surface area (Å²) in [6, 6.07) is 0. The van der Waals surface area contributed by atoms with Gasteiger partial charge in [-0.05, 0) is 27.0 Å². The summed E-state index contributed by atoms with van der Waals surface area (Å²) >= 11 is 0.650. The van der Waals surface area contributed by atoms with Gasteiger partial charge in [-0.15, -0.1) is 5.10 Å². The fraction of sp³-hybridized carbons (Fsp3) is 0.333. The SMILES string of the molecule is Cn1nnc(Br)c1S(=O)[O-].[Li+]. The summed E-state index contributed by atoms with van der Waals surface area (Å²) in [5.74, 6) is 0. The summed E-state index contributed by atoms with van der Waals surface area (Å²) in [6.45, 7) is 0. The van der Waals surface area contributed by atoms with Crippen LogP contribution in [0.2, 0.25) is 0 Å². The van der Waals surface area contributed by atoms with Crippen LogP contribution < -0.4 is 18.9 Å². The second-order valence-electron chi connectivity index (χ2n) is 1.54. The van der Waals surface area contributed by atoms with Gasteiger partial charge in [0.25, 0.3) is 0 Å². The Morgan fingerprint density at radius 1 is 1.73 bits per heavy atom. The van der Waals surface area contributed by atoms with Crippen LogP contribution in [0.1, 0.15) is 0 Å². The molecular formula is C3H3BrLiN3O2S. The summed E-state index contributed by atoms with van der Waals surface area (Å²) in [4.78, 5) is 0. The second-order valence-corrected chi connectivity index (χ2v) is 3.15. The summed E-state index contributed by atoms with van der Waals surface area (Å²) < 4.78 is 22.2. The van der Waals surface area contributed by atoms with E-state index in [0.717, 1.165) is 0 Å². The molecule has 0 aromatic carbocycles. The molecule has 0 bridgehead atoms. The van der Waals surface area contributed by atoms with Crippen LogP contribution in [0.15, 0.2) is 9.63 Å². The maximum atomic E-state index is 10.4. The van der Waals surface area contributed by atoms with Gasteiger partial charge in [-0.2, -0.15) is 0 Å². The zero-order chi connectivity index (χ0) is 7.72. The Hall–Kier alpha value is 0.327. The Morgan fingerprint density at radius 2 is 2.27 bits per heavy atom. The van der Waals surface area contributed by atoms with Gasteiger partial charge in [-0.25, -0.2) is 4.68 Å². The fourth-order valence-corrected chi connectivity index (χ4v) is 1.65. The smallest absolute Gasteiger partial charge is 0.767 e. The number of hydrogen-bond donors (Lipinski definition) is 0. The minimum Gasteiger partial charge on any atom is -0.767 e. The zero-order valence-electron chi connectivity index (χ0n) is 5.94. The largest absolute Gasteiger partial charge is 1.00 e. The van der Waals surface area contributed by atoms with Crippen molar-refractivity contribution in [3.8, 4) is 0 Å². The molecule has 5 nitrogen and oxygen atoms in total. The van der Waals surface area contributed by atoms with E-state index < -0.39 is 11.1 Å². The van der Waals surface area contributed by atoms with Crippen molar-refractivity contribution in [2.75, 3.05) is 0 Å². The average molecular weight is 232 g/mol. The Kier molecular flexibility index (Phi) is 4.51. The van der Waals surface area contributed by atoms with Crippen molar-refractivity contribution >= 4 is 27.0 Å². The summed E-state index contributed by atoms with van der Waals surface area (Å²) in [5, 5.41) is 6.99. The number of halogens is 1. The number of nitrogens with zero attached hydrogens (tertiary/aromatic N) is 3. The van der Waals surface area contributed by atoms with Gasteiger partial charge in [0.2, 0.25) is 0 Å². The van der Waals surface area contributed by atoms with Crippen molar-refractivity contribution in [1.29, 1.82) is 0 Å². The second kappa shape index (κ2) is 4.38. The molecule has 0 N–H and O–H groups in total. The molecule has 1 heterocycles. The standard InChI is InChI=1S/C3H4BrN3O2S.Li/c1-7-3(10(8)9)2(4)5-6-7;/h1H3,(H,8,9);/q;+1/p-1. The van der Waals surface area contributed by atoms with Gasteiger partial charge in [0.05, 0.1) is 0 Å². The van der Waals surface area contributed by atoms with Gasteiger partial charge in [-0.3, -0.25) is 4.21 Å².